The molecule has 6 rings (SSSR count). The number of aromatic hydroxyl groups is 1. The summed E-state index contributed by atoms with van der Waals surface area (Å²) in [7, 11) is 0. The summed E-state index contributed by atoms with van der Waals surface area (Å²) in [6.07, 6.45) is 5.66. The van der Waals surface area contributed by atoms with Gasteiger partial charge in [0.15, 0.2) is 17.2 Å². The van der Waals surface area contributed by atoms with E-state index in [1.54, 1.807) is 38.2 Å². The van der Waals surface area contributed by atoms with Gasteiger partial charge in [-0.25, -0.2) is 9.59 Å². The number of esters is 1. The number of aliphatic carboxylic acids is 1. The maximum absolute atomic E-state index is 13.8. The Morgan fingerprint density at radius 1 is 0.943 bits per heavy atom. The molecule has 0 unspecified atom stereocenters. The summed E-state index contributed by atoms with van der Waals surface area (Å²) in [5, 5.41) is 64.6. The zero-order valence-electron chi connectivity index (χ0n) is 29.2. The number of Topliss-reactive ketones (excluding diaryl/α,β-unsaturated/α-hetero) is 3. The summed E-state index contributed by atoms with van der Waals surface area (Å²) in [6, 6.07) is 2.61. The smallest absolute Gasteiger partial charge is 0.364 e. The fourth-order valence-corrected chi connectivity index (χ4v) is 7.59. The number of ether oxygens (including phenoxy) is 4. The highest BCUT2D eigenvalue weighted by Crippen LogP contribution is 2.52. The van der Waals surface area contributed by atoms with Crippen LogP contribution in [0.4, 0.5) is 0 Å². The van der Waals surface area contributed by atoms with Crippen LogP contribution in [0.15, 0.2) is 71.9 Å². The van der Waals surface area contributed by atoms with E-state index in [2.05, 4.69) is 0 Å². The van der Waals surface area contributed by atoms with Crippen molar-refractivity contribution < 1.29 is 73.6 Å². The molecular formula is C38H40O15. The molecule has 1 aromatic carbocycles. The predicted octanol–water partition coefficient (Wildman–Crippen LogP) is 1.61. The van der Waals surface area contributed by atoms with Crippen LogP contribution in [-0.4, -0.2) is 113 Å². The summed E-state index contributed by atoms with van der Waals surface area (Å²) >= 11 is 0. The molecule has 15 nitrogen and oxygen atoms in total. The van der Waals surface area contributed by atoms with Crippen molar-refractivity contribution in [1.29, 1.82) is 0 Å². The van der Waals surface area contributed by atoms with Crippen LogP contribution in [0.1, 0.15) is 79.3 Å². The summed E-state index contributed by atoms with van der Waals surface area (Å²) < 4.78 is 22.5. The lowest BCUT2D eigenvalue weighted by atomic mass is 9.56. The molecule has 2 saturated heterocycles. The normalized spacial score (nSPS) is 38.5. The number of benzene rings is 1. The lowest BCUT2D eigenvalue weighted by Gasteiger charge is -2.53. The second-order valence-electron chi connectivity index (χ2n) is 14.3. The number of allylic oxidation sites excluding steroid dienone is 6. The van der Waals surface area contributed by atoms with Crippen LogP contribution in [0.3, 0.4) is 0 Å². The quantitative estimate of drug-likeness (QED) is 0.132. The number of carbonyl (C=O) groups is 5. The summed E-state index contributed by atoms with van der Waals surface area (Å²) in [5.41, 5.74) is -9.49. The van der Waals surface area contributed by atoms with E-state index in [-0.39, 0.29) is 17.5 Å². The number of phenols is 1. The van der Waals surface area contributed by atoms with Crippen molar-refractivity contribution in [3.05, 3.63) is 88.6 Å². The largest absolute Gasteiger partial charge is 0.507 e. The van der Waals surface area contributed by atoms with Gasteiger partial charge < -0.3 is 49.6 Å². The van der Waals surface area contributed by atoms with Crippen LogP contribution >= 0.6 is 0 Å². The number of fused-ring (bicyclic) bond motifs is 3. The Kier molecular flexibility index (Phi) is 9.61. The molecule has 3 aliphatic carbocycles. The van der Waals surface area contributed by atoms with Crippen LogP contribution in [0, 0.1) is 0 Å². The number of aliphatic hydroxyl groups is 4. The molecule has 0 spiro atoms. The van der Waals surface area contributed by atoms with Crippen molar-refractivity contribution in [3.63, 3.8) is 0 Å². The zero-order valence-corrected chi connectivity index (χ0v) is 29.2. The maximum atomic E-state index is 13.8. The Balaban J connectivity index is 1.10. The third-order valence-electron chi connectivity index (χ3n) is 10.5. The summed E-state index contributed by atoms with van der Waals surface area (Å²) in [5.74, 6) is -7.54. The predicted molar refractivity (Wildman–Crippen MR) is 180 cm³/mol. The van der Waals surface area contributed by atoms with Gasteiger partial charge in [0.2, 0.25) is 5.78 Å². The number of aliphatic hydroxyl groups excluding tert-OH is 1. The first kappa shape index (κ1) is 38.1. The third-order valence-corrected chi connectivity index (χ3v) is 10.5. The SMILES string of the molecule is C[C@H]1O[C@](C)(C(=O)O)O[C@H]1C=CC=CC=CC(=O)O[C@H]1CC[C@@H](c2ccc3c(c2O)C(=O)C2=C(C3=O)[C@@]3(O)C(=O)[C@@H](O)[C@@](C)(O)C[C@]3(O)C=C2)O[C@@H]1C. The van der Waals surface area contributed by atoms with Crippen LogP contribution < -0.4 is 0 Å². The molecule has 0 bridgehead atoms. The number of carbonyl (C=O) groups excluding carboxylic acids is 4. The first-order chi connectivity index (χ1) is 24.8. The lowest BCUT2D eigenvalue weighted by molar-refractivity contribution is -0.209. The second-order valence-corrected chi connectivity index (χ2v) is 14.3. The summed E-state index contributed by atoms with van der Waals surface area (Å²) in [6.45, 7) is 5.79. The van der Waals surface area contributed by atoms with E-state index in [0.717, 1.165) is 19.1 Å². The van der Waals surface area contributed by atoms with Crippen molar-refractivity contribution in [2.75, 3.05) is 0 Å². The molecule has 0 aromatic heterocycles. The van der Waals surface area contributed by atoms with E-state index in [0.29, 0.717) is 6.42 Å². The Morgan fingerprint density at radius 2 is 1.64 bits per heavy atom. The topological polar surface area (TPSA) is 244 Å². The number of hydrogen-bond donors (Lipinski definition) is 6. The molecule has 1 aromatic rings. The average molecular weight is 737 g/mol. The molecule has 10 atom stereocenters. The average Bonchev–Trinajstić information content (AvgIpc) is 3.39. The van der Waals surface area contributed by atoms with E-state index in [1.165, 1.54) is 31.2 Å². The van der Waals surface area contributed by atoms with Crippen molar-refractivity contribution in [2.24, 2.45) is 0 Å². The first-order valence-corrected chi connectivity index (χ1v) is 17.0. The number of rotatable bonds is 7. The van der Waals surface area contributed by atoms with E-state index >= 15 is 0 Å². The summed E-state index contributed by atoms with van der Waals surface area (Å²) in [4.78, 5) is 64.8. The van der Waals surface area contributed by atoms with Crippen molar-refractivity contribution >= 4 is 29.3 Å². The van der Waals surface area contributed by atoms with Gasteiger partial charge in [0.05, 0.1) is 35.0 Å². The molecule has 6 N–H and O–H groups in total. The molecule has 15 heteroatoms. The molecular weight excluding hydrogens is 696 g/mol. The Labute approximate surface area is 303 Å². The molecule has 282 valence electrons. The van der Waals surface area contributed by atoms with Crippen molar-refractivity contribution in [2.45, 2.75) is 106 Å². The number of phenolic OH excluding ortho intramolecular Hbond substituents is 1. The highest BCUT2D eigenvalue weighted by atomic mass is 16.8. The molecule has 2 heterocycles. The van der Waals surface area contributed by atoms with Gasteiger partial charge in [-0.2, -0.15) is 0 Å². The van der Waals surface area contributed by atoms with Gasteiger partial charge in [-0.3, -0.25) is 14.4 Å². The van der Waals surface area contributed by atoms with E-state index in [1.807, 2.05) is 0 Å². The molecule has 0 radical (unpaired) electrons. The fraction of sp³-hybridized carbons (Fsp3) is 0.447. The number of carboxylic acid groups (broad SMARTS) is 1. The molecule has 3 fully saturated rings. The standard InChI is InChI=1S/C38H40O15/c1-18-23(51-26(39)10-8-6-5-7-9-24-19(2)52-36(4,53-24)34(45)46)13-14-25(50-18)20-11-12-21-27(29(20)40)30(41)22-15-16-37(48)17-35(3,47)32(43)33(44)38(37,49)28(22)31(21)42/h5-12,15-16,18-19,23-25,32,40,43,47-49H,13-14,17H2,1-4H3,(H,45,46)/t18-,19-,23+,24+,25+,32-,35+,36+,37-,38-/m1/s1. The van der Waals surface area contributed by atoms with E-state index in [4.69, 9.17) is 18.9 Å². The van der Waals surface area contributed by atoms with Crippen LogP contribution in [0.25, 0.3) is 0 Å². The van der Waals surface area contributed by atoms with E-state index in [9.17, 15) is 54.6 Å². The molecule has 5 aliphatic rings. The third kappa shape index (κ3) is 6.21. The Morgan fingerprint density at radius 3 is 2.30 bits per heavy atom. The lowest BCUT2D eigenvalue weighted by Crippen LogP contribution is -2.74. The van der Waals surface area contributed by atoms with Gasteiger partial charge in [-0.05, 0) is 45.8 Å². The molecule has 2 aliphatic heterocycles. The fourth-order valence-electron chi connectivity index (χ4n) is 7.59. The maximum Gasteiger partial charge on any atom is 0.364 e. The van der Waals surface area contributed by atoms with Crippen molar-refractivity contribution in [1.82, 2.24) is 0 Å². The van der Waals surface area contributed by atoms with Crippen molar-refractivity contribution in [3.8, 4) is 5.75 Å². The Bertz CT molecular complexity index is 1940. The number of carboxylic acids is 1. The highest BCUT2D eigenvalue weighted by Gasteiger charge is 2.69. The monoisotopic (exact) mass is 736 g/mol. The second kappa shape index (κ2) is 13.4. The van der Waals surface area contributed by atoms with Gasteiger partial charge in [0.1, 0.15) is 29.7 Å². The van der Waals surface area contributed by atoms with Crippen LogP contribution in [0.5, 0.6) is 5.75 Å². The number of ketones is 3. The Hall–Kier alpha value is -4.61. The molecule has 53 heavy (non-hydrogen) atoms. The van der Waals surface area contributed by atoms with Crippen LogP contribution in [0.2, 0.25) is 0 Å². The van der Waals surface area contributed by atoms with Gasteiger partial charge in [-0.1, -0.05) is 42.5 Å². The van der Waals surface area contributed by atoms with Gasteiger partial charge >= 0.3 is 11.9 Å². The minimum atomic E-state index is -3.05. The highest BCUT2D eigenvalue weighted by molar-refractivity contribution is 6.32. The van der Waals surface area contributed by atoms with Gasteiger partial charge in [-0.15, -0.1) is 0 Å². The van der Waals surface area contributed by atoms with Crippen LogP contribution in [-0.2, 0) is 33.3 Å². The van der Waals surface area contributed by atoms with Gasteiger partial charge in [0, 0.05) is 36.1 Å². The zero-order chi connectivity index (χ0) is 38.8. The number of hydrogen-bond acceptors (Lipinski definition) is 14. The minimum absolute atomic E-state index is 0.176. The van der Waals surface area contributed by atoms with Gasteiger partial charge in [0.25, 0.3) is 5.79 Å². The van der Waals surface area contributed by atoms with E-state index < -0.39 is 117 Å². The molecule has 1 saturated carbocycles. The first-order valence-electron chi connectivity index (χ1n) is 17.0. The molecule has 0 amide bonds. The minimum Gasteiger partial charge on any atom is -0.507 e.